The van der Waals surface area contributed by atoms with Crippen LogP contribution >= 0.6 is 0 Å². The maximum atomic E-state index is 5.91. The zero-order valence-electron chi connectivity index (χ0n) is 9.46. The highest BCUT2D eigenvalue weighted by molar-refractivity contribution is 5.78. The number of rotatable bonds is 2. The van der Waals surface area contributed by atoms with E-state index < -0.39 is 0 Å². The summed E-state index contributed by atoms with van der Waals surface area (Å²) in [6.45, 7) is 3.66. The van der Waals surface area contributed by atoms with Gasteiger partial charge in [-0.25, -0.2) is 4.99 Å². The molecule has 1 aliphatic rings. The van der Waals surface area contributed by atoms with Crippen molar-refractivity contribution in [2.24, 2.45) is 17.8 Å². The fourth-order valence-electron chi connectivity index (χ4n) is 1.61. The van der Waals surface area contributed by atoms with Crippen LogP contribution in [0.2, 0.25) is 0 Å². The van der Waals surface area contributed by atoms with Gasteiger partial charge in [0, 0.05) is 26.3 Å². The Morgan fingerprint density at radius 3 is 2.94 bits per heavy atom. The van der Waals surface area contributed by atoms with Crippen molar-refractivity contribution in [3.05, 3.63) is 18.0 Å². The van der Waals surface area contributed by atoms with Crippen LogP contribution < -0.4 is 5.73 Å². The van der Waals surface area contributed by atoms with E-state index in [4.69, 9.17) is 10.5 Å². The van der Waals surface area contributed by atoms with Crippen LogP contribution in [0.1, 0.15) is 5.69 Å². The van der Waals surface area contributed by atoms with Gasteiger partial charge in [0.1, 0.15) is 0 Å². The first-order valence-corrected chi connectivity index (χ1v) is 5.37. The molecule has 0 atom stereocenters. The number of aryl methyl sites for hydroxylation is 1. The fourth-order valence-corrected chi connectivity index (χ4v) is 1.61. The second-order valence-electron chi connectivity index (χ2n) is 3.72. The van der Waals surface area contributed by atoms with Crippen molar-refractivity contribution in [2.45, 2.75) is 6.54 Å². The number of ether oxygens (including phenoxy) is 1. The van der Waals surface area contributed by atoms with Crippen molar-refractivity contribution in [1.82, 2.24) is 14.7 Å². The SMILES string of the molecule is Cn1nccc1CN=C(N)N1CCOCC1. The summed E-state index contributed by atoms with van der Waals surface area (Å²) in [5, 5.41) is 4.08. The van der Waals surface area contributed by atoms with Crippen LogP contribution in [-0.4, -0.2) is 46.9 Å². The predicted octanol–water partition coefficient (Wildman–Crippen LogP) is -0.433. The van der Waals surface area contributed by atoms with E-state index in [1.165, 1.54) is 0 Å². The molecular weight excluding hydrogens is 206 g/mol. The van der Waals surface area contributed by atoms with E-state index in [2.05, 4.69) is 10.1 Å². The third kappa shape index (κ3) is 2.52. The maximum absolute atomic E-state index is 5.91. The summed E-state index contributed by atoms with van der Waals surface area (Å²) in [6.07, 6.45) is 1.76. The van der Waals surface area contributed by atoms with Gasteiger partial charge in [-0.3, -0.25) is 4.68 Å². The molecule has 1 aliphatic heterocycles. The smallest absolute Gasteiger partial charge is 0.191 e. The summed E-state index contributed by atoms with van der Waals surface area (Å²) < 4.78 is 7.05. The van der Waals surface area contributed by atoms with Crippen molar-refractivity contribution in [1.29, 1.82) is 0 Å². The van der Waals surface area contributed by atoms with Gasteiger partial charge in [-0.1, -0.05) is 0 Å². The minimum atomic E-state index is 0.569. The van der Waals surface area contributed by atoms with Crippen molar-refractivity contribution >= 4 is 5.96 Å². The third-order valence-corrected chi connectivity index (χ3v) is 2.66. The lowest BCUT2D eigenvalue weighted by molar-refractivity contribution is 0.0674. The van der Waals surface area contributed by atoms with Gasteiger partial charge < -0.3 is 15.4 Å². The Morgan fingerprint density at radius 2 is 2.31 bits per heavy atom. The van der Waals surface area contributed by atoms with Crippen molar-refractivity contribution in [2.75, 3.05) is 26.3 Å². The molecule has 0 aliphatic carbocycles. The Hall–Kier alpha value is -1.56. The van der Waals surface area contributed by atoms with E-state index in [1.54, 1.807) is 10.9 Å². The highest BCUT2D eigenvalue weighted by atomic mass is 16.5. The number of nitrogens with zero attached hydrogens (tertiary/aromatic N) is 4. The molecule has 1 saturated heterocycles. The topological polar surface area (TPSA) is 68.7 Å². The molecule has 2 N–H and O–H groups in total. The van der Waals surface area contributed by atoms with Gasteiger partial charge >= 0.3 is 0 Å². The van der Waals surface area contributed by atoms with Crippen molar-refractivity contribution < 1.29 is 4.74 Å². The Balaban J connectivity index is 1.93. The van der Waals surface area contributed by atoms with E-state index in [-0.39, 0.29) is 0 Å². The molecule has 0 amide bonds. The largest absolute Gasteiger partial charge is 0.378 e. The third-order valence-electron chi connectivity index (χ3n) is 2.66. The highest BCUT2D eigenvalue weighted by Crippen LogP contribution is 2.01. The van der Waals surface area contributed by atoms with Crippen LogP contribution in [0.25, 0.3) is 0 Å². The first-order valence-electron chi connectivity index (χ1n) is 5.37. The van der Waals surface area contributed by atoms with Gasteiger partial charge in [-0.05, 0) is 6.07 Å². The molecule has 0 bridgehead atoms. The highest BCUT2D eigenvalue weighted by Gasteiger charge is 2.11. The molecule has 2 rings (SSSR count). The van der Waals surface area contributed by atoms with Gasteiger partial charge in [0.25, 0.3) is 0 Å². The summed E-state index contributed by atoms with van der Waals surface area (Å²) in [4.78, 5) is 6.40. The molecule has 0 radical (unpaired) electrons. The zero-order valence-corrected chi connectivity index (χ0v) is 9.46. The molecule has 2 heterocycles. The van der Waals surface area contributed by atoms with Crippen molar-refractivity contribution in [3.8, 4) is 0 Å². The van der Waals surface area contributed by atoms with Crippen molar-refractivity contribution in [3.63, 3.8) is 0 Å². The van der Waals surface area contributed by atoms with E-state index in [0.29, 0.717) is 12.5 Å². The molecule has 16 heavy (non-hydrogen) atoms. The molecule has 1 fully saturated rings. The number of hydrogen-bond donors (Lipinski definition) is 1. The molecule has 1 aromatic rings. The van der Waals surface area contributed by atoms with Gasteiger partial charge in [0.15, 0.2) is 5.96 Å². The first kappa shape index (κ1) is 10.9. The van der Waals surface area contributed by atoms with Crippen LogP contribution in [0.5, 0.6) is 0 Å². The number of nitrogens with two attached hydrogens (primary N) is 1. The average molecular weight is 223 g/mol. The van der Waals surface area contributed by atoms with Gasteiger partial charge in [0.2, 0.25) is 0 Å². The predicted molar refractivity (Wildman–Crippen MR) is 60.9 cm³/mol. The molecule has 0 spiro atoms. The van der Waals surface area contributed by atoms with Gasteiger partial charge in [0.05, 0.1) is 25.5 Å². The van der Waals surface area contributed by atoms with E-state index in [0.717, 1.165) is 32.0 Å². The Kier molecular flexibility index (Phi) is 3.40. The quantitative estimate of drug-likeness (QED) is 0.545. The number of aliphatic imine (C=N–C) groups is 1. The van der Waals surface area contributed by atoms with E-state index >= 15 is 0 Å². The monoisotopic (exact) mass is 223 g/mol. The molecular formula is C10H17N5O. The number of aromatic nitrogens is 2. The fraction of sp³-hybridized carbons (Fsp3) is 0.600. The molecule has 88 valence electrons. The second-order valence-corrected chi connectivity index (χ2v) is 3.72. The molecule has 6 heteroatoms. The maximum Gasteiger partial charge on any atom is 0.191 e. The second kappa shape index (κ2) is 4.98. The Morgan fingerprint density at radius 1 is 1.56 bits per heavy atom. The first-order chi connectivity index (χ1) is 7.77. The number of morpholine rings is 1. The summed E-state index contributed by atoms with van der Waals surface area (Å²) in [5.74, 6) is 0.588. The summed E-state index contributed by atoms with van der Waals surface area (Å²) in [7, 11) is 1.90. The van der Waals surface area contributed by atoms with Crippen LogP contribution in [0.4, 0.5) is 0 Å². The molecule has 0 saturated carbocycles. The van der Waals surface area contributed by atoms with Gasteiger partial charge in [-0.15, -0.1) is 0 Å². The summed E-state index contributed by atoms with van der Waals surface area (Å²) in [5.41, 5.74) is 6.96. The molecule has 6 nitrogen and oxygen atoms in total. The lowest BCUT2D eigenvalue weighted by Crippen LogP contribution is -2.44. The lowest BCUT2D eigenvalue weighted by atomic mass is 10.4. The minimum absolute atomic E-state index is 0.569. The summed E-state index contributed by atoms with van der Waals surface area (Å²) >= 11 is 0. The molecule has 1 aromatic heterocycles. The molecule has 0 unspecified atom stereocenters. The standard InChI is InChI=1S/C10H17N5O/c1-14-9(2-3-13-14)8-12-10(11)15-4-6-16-7-5-15/h2-3H,4-8H2,1H3,(H2,11,12). The van der Waals surface area contributed by atoms with E-state index in [9.17, 15) is 0 Å². The average Bonchev–Trinajstić information content (AvgIpc) is 2.73. The zero-order chi connectivity index (χ0) is 11.4. The molecule has 0 aromatic carbocycles. The Labute approximate surface area is 94.7 Å². The van der Waals surface area contributed by atoms with Crippen LogP contribution in [0, 0.1) is 0 Å². The van der Waals surface area contributed by atoms with Crippen LogP contribution in [0.15, 0.2) is 17.3 Å². The normalized spacial score (nSPS) is 17.8. The minimum Gasteiger partial charge on any atom is -0.378 e. The van der Waals surface area contributed by atoms with E-state index in [1.807, 2.05) is 18.0 Å². The summed E-state index contributed by atoms with van der Waals surface area (Å²) in [6, 6.07) is 1.94. The lowest BCUT2D eigenvalue weighted by Gasteiger charge is -2.27. The van der Waals surface area contributed by atoms with Gasteiger partial charge in [-0.2, -0.15) is 5.10 Å². The van der Waals surface area contributed by atoms with Crippen LogP contribution in [0.3, 0.4) is 0 Å². The number of hydrogen-bond acceptors (Lipinski definition) is 3. The van der Waals surface area contributed by atoms with Crippen LogP contribution in [-0.2, 0) is 18.3 Å². The Bertz CT molecular complexity index is 367. The number of guanidine groups is 1.